The summed E-state index contributed by atoms with van der Waals surface area (Å²) in [5.41, 5.74) is 0.317. The Morgan fingerprint density at radius 1 is 1.39 bits per heavy atom. The minimum atomic E-state index is -1.08. The van der Waals surface area contributed by atoms with E-state index in [0.29, 0.717) is 4.47 Å². The molecule has 0 aliphatic heterocycles. The summed E-state index contributed by atoms with van der Waals surface area (Å²) < 4.78 is 0.535. The van der Waals surface area contributed by atoms with E-state index in [1.807, 2.05) is 13.8 Å². The molecule has 6 heteroatoms. The number of urea groups is 1. The fourth-order valence-corrected chi connectivity index (χ4v) is 1.72. The first kappa shape index (κ1) is 14.5. The summed E-state index contributed by atoms with van der Waals surface area (Å²) in [4.78, 5) is 24.4. The zero-order valence-electron chi connectivity index (χ0n) is 10.4. The van der Waals surface area contributed by atoms with Crippen LogP contribution >= 0.6 is 15.9 Å². The van der Waals surface area contributed by atoms with E-state index >= 15 is 0 Å². The molecule has 5 nitrogen and oxygen atoms in total. The van der Waals surface area contributed by atoms with Crippen molar-refractivity contribution in [3.63, 3.8) is 0 Å². The van der Waals surface area contributed by atoms with Crippen molar-refractivity contribution in [2.45, 2.75) is 19.9 Å². The van der Waals surface area contributed by atoms with Gasteiger partial charge in [0.25, 0.3) is 0 Å². The summed E-state index contributed by atoms with van der Waals surface area (Å²) in [6, 6.07) is 4.41. The number of para-hydroxylation sites is 1. The van der Waals surface area contributed by atoms with Crippen LogP contribution in [0.2, 0.25) is 0 Å². The number of nitrogens with zero attached hydrogens (tertiary/aromatic N) is 1. The molecule has 0 atom stereocenters. The molecule has 2 amide bonds. The number of hydrogen-bond acceptors (Lipinski definition) is 2. The van der Waals surface area contributed by atoms with Gasteiger partial charge in [0.15, 0.2) is 0 Å². The Morgan fingerprint density at radius 3 is 2.50 bits per heavy atom. The van der Waals surface area contributed by atoms with Crippen LogP contribution in [0.5, 0.6) is 0 Å². The van der Waals surface area contributed by atoms with Gasteiger partial charge in [-0.05, 0) is 41.9 Å². The predicted molar refractivity (Wildman–Crippen MR) is 73.0 cm³/mol. The molecule has 0 bridgehead atoms. The van der Waals surface area contributed by atoms with Gasteiger partial charge in [0.1, 0.15) is 0 Å². The Kier molecular flexibility index (Phi) is 4.72. The molecule has 0 spiro atoms. The number of amides is 2. The van der Waals surface area contributed by atoms with E-state index in [2.05, 4.69) is 21.2 Å². The number of rotatable bonds is 3. The first-order valence-electron chi connectivity index (χ1n) is 5.40. The molecule has 0 unspecified atom stereocenters. The maximum Gasteiger partial charge on any atom is 0.337 e. The van der Waals surface area contributed by atoms with Crippen LogP contribution in [-0.4, -0.2) is 35.1 Å². The highest BCUT2D eigenvalue weighted by atomic mass is 79.9. The van der Waals surface area contributed by atoms with Crippen LogP contribution in [0.25, 0.3) is 0 Å². The third-order valence-electron chi connectivity index (χ3n) is 2.57. The Balaban J connectivity index is 3.04. The Bertz CT molecular complexity index is 474. The number of carboxylic acid groups (broad SMARTS) is 1. The lowest BCUT2D eigenvalue weighted by Crippen LogP contribution is -2.37. The van der Waals surface area contributed by atoms with Crippen molar-refractivity contribution in [2.75, 3.05) is 12.4 Å². The normalized spacial score (nSPS) is 10.3. The van der Waals surface area contributed by atoms with Crippen molar-refractivity contribution in [1.82, 2.24) is 4.90 Å². The lowest BCUT2D eigenvalue weighted by Gasteiger charge is -2.22. The third-order valence-corrected chi connectivity index (χ3v) is 3.23. The molecule has 0 fully saturated rings. The zero-order chi connectivity index (χ0) is 13.9. The van der Waals surface area contributed by atoms with E-state index in [0.717, 1.165) is 0 Å². The van der Waals surface area contributed by atoms with Crippen LogP contribution in [0.15, 0.2) is 22.7 Å². The Labute approximate surface area is 114 Å². The zero-order valence-corrected chi connectivity index (χ0v) is 12.0. The quantitative estimate of drug-likeness (QED) is 0.901. The second-order valence-corrected chi connectivity index (χ2v) is 4.96. The van der Waals surface area contributed by atoms with Crippen molar-refractivity contribution in [2.24, 2.45) is 0 Å². The number of benzene rings is 1. The number of aromatic carboxylic acids is 1. The first-order chi connectivity index (χ1) is 8.34. The van der Waals surface area contributed by atoms with Crippen LogP contribution in [-0.2, 0) is 0 Å². The number of nitrogens with one attached hydrogen (secondary N) is 1. The van der Waals surface area contributed by atoms with Gasteiger partial charge in [-0.1, -0.05) is 6.07 Å². The SMILES string of the molecule is CC(C)N(C)C(=O)Nc1c(Br)cccc1C(=O)O. The van der Waals surface area contributed by atoms with Crippen molar-refractivity contribution in [1.29, 1.82) is 0 Å². The highest BCUT2D eigenvalue weighted by Gasteiger charge is 2.18. The van der Waals surface area contributed by atoms with Crippen LogP contribution < -0.4 is 5.32 Å². The van der Waals surface area contributed by atoms with E-state index < -0.39 is 5.97 Å². The third kappa shape index (κ3) is 3.22. The van der Waals surface area contributed by atoms with Crippen molar-refractivity contribution in [3.05, 3.63) is 28.2 Å². The molecule has 2 N–H and O–H groups in total. The molecule has 0 aliphatic rings. The van der Waals surface area contributed by atoms with E-state index in [1.165, 1.54) is 11.0 Å². The van der Waals surface area contributed by atoms with Gasteiger partial charge in [0.2, 0.25) is 0 Å². The number of halogens is 1. The van der Waals surface area contributed by atoms with Gasteiger partial charge in [0, 0.05) is 17.6 Å². The fourth-order valence-electron chi connectivity index (χ4n) is 1.26. The average Bonchev–Trinajstić information content (AvgIpc) is 2.30. The second kappa shape index (κ2) is 5.86. The summed E-state index contributed by atoms with van der Waals surface area (Å²) in [5.74, 6) is -1.08. The summed E-state index contributed by atoms with van der Waals surface area (Å²) in [5, 5.41) is 11.7. The molecule has 0 heterocycles. The Hall–Kier alpha value is -1.56. The van der Waals surface area contributed by atoms with Gasteiger partial charge < -0.3 is 15.3 Å². The minimum absolute atomic E-state index is 0.0285. The molecule has 0 aromatic heterocycles. The van der Waals surface area contributed by atoms with Crippen molar-refractivity contribution >= 4 is 33.6 Å². The van der Waals surface area contributed by atoms with Crippen LogP contribution in [0, 0.1) is 0 Å². The van der Waals surface area contributed by atoms with Crippen molar-refractivity contribution < 1.29 is 14.7 Å². The standard InChI is InChI=1S/C12H15BrN2O3/c1-7(2)15(3)12(18)14-10-8(11(16)17)5-4-6-9(10)13/h4-7H,1-3H3,(H,14,18)(H,16,17). The molecule has 98 valence electrons. The van der Waals surface area contributed by atoms with Gasteiger partial charge in [-0.25, -0.2) is 9.59 Å². The molecule has 0 aliphatic carbocycles. The largest absolute Gasteiger partial charge is 0.478 e. The summed E-state index contributed by atoms with van der Waals surface area (Å²) in [7, 11) is 1.65. The average molecular weight is 315 g/mol. The summed E-state index contributed by atoms with van der Waals surface area (Å²) in [6.45, 7) is 3.75. The molecule has 1 aromatic rings. The number of carbonyl (C=O) groups excluding carboxylic acids is 1. The molecule has 18 heavy (non-hydrogen) atoms. The molecule has 0 radical (unpaired) electrons. The maximum absolute atomic E-state index is 11.9. The van der Waals surface area contributed by atoms with Gasteiger partial charge in [0.05, 0.1) is 11.3 Å². The Morgan fingerprint density at radius 2 is 2.00 bits per heavy atom. The van der Waals surface area contributed by atoms with E-state index in [4.69, 9.17) is 5.11 Å². The lowest BCUT2D eigenvalue weighted by molar-refractivity contribution is 0.0698. The van der Waals surface area contributed by atoms with Crippen LogP contribution in [0.4, 0.5) is 10.5 Å². The number of hydrogen-bond donors (Lipinski definition) is 2. The molecule has 1 aromatic carbocycles. The van der Waals surface area contributed by atoms with E-state index in [1.54, 1.807) is 19.2 Å². The van der Waals surface area contributed by atoms with Gasteiger partial charge in [-0.15, -0.1) is 0 Å². The lowest BCUT2D eigenvalue weighted by atomic mass is 10.2. The summed E-state index contributed by atoms with van der Waals surface area (Å²) in [6.07, 6.45) is 0. The molecular formula is C12H15BrN2O3. The number of carbonyl (C=O) groups is 2. The van der Waals surface area contributed by atoms with Gasteiger partial charge >= 0.3 is 12.0 Å². The van der Waals surface area contributed by atoms with Gasteiger partial charge in [-0.3, -0.25) is 0 Å². The molecule has 1 rings (SSSR count). The monoisotopic (exact) mass is 314 g/mol. The highest BCUT2D eigenvalue weighted by Crippen LogP contribution is 2.26. The highest BCUT2D eigenvalue weighted by molar-refractivity contribution is 9.10. The van der Waals surface area contributed by atoms with Gasteiger partial charge in [-0.2, -0.15) is 0 Å². The number of carboxylic acids is 1. The van der Waals surface area contributed by atoms with E-state index in [-0.39, 0.29) is 23.3 Å². The topological polar surface area (TPSA) is 69.6 Å². The smallest absolute Gasteiger partial charge is 0.337 e. The van der Waals surface area contributed by atoms with Crippen molar-refractivity contribution in [3.8, 4) is 0 Å². The van der Waals surface area contributed by atoms with E-state index in [9.17, 15) is 9.59 Å². The first-order valence-corrected chi connectivity index (χ1v) is 6.19. The predicted octanol–water partition coefficient (Wildman–Crippen LogP) is 3.02. The van der Waals surface area contributed by atoms with Crippen LogP contribution in [0.3, 0.4) is 0 Å². The second-order valence-electron chi connectivity index (χ2n) is 4.10. The minimum Gasteiger partial charge on any atom is -0.478 e. The summed E-state index contributed by atoms with van der Waals surface area (Å²) >= 11 is 3.23. The fraction of sp³-hybridized carbons (Fsp3) is 0.333. The molecular weight excluding hydrogens is 300 g/mol. The maximum atomic E-state index is 11.9. The molecule has 0 saturated carbocycles. The number of anilines is 1. The van der Waals surface area contributed by atoms with Crippen LogP contribution in [0.1, 0.15) is 24.2 Å². The molecule has 0 saturated heterocycles.